The molecule has 1 aromatic carbocycles. The van der Waals surface area contributed by atoms with Crippen LogP contribution in [0, 0.1) is 0 Å². The number of fused-ring (bicyclic) bond motifs is 1. The molecule has 0 aromatic heterocycles. The summed E-state index contributed by atoms with van der Waals surface area (Å²) in [5.41, 5.74) is 10.2. The van der Waals surface area contributed by atoms with Gasteiger partial charge in [0, 0.05) is 4.47 Å². The molecule has 1 aliphatic rings. The lowest BCUT2D eigenvalue weighted by atomic mass is 9.88. The molecule has 2 heteroatoms. The monoisotopic (exact) mass is 267 g/mol. The summed E-state index contributed by atoms with van der Waals surface area (Å²) in [5, 5.41) is 0. The Balaban J connectivity index is 2.40. The third kappa shape index (κ3) is 2.26. The number of hydrogen-bond donors (Lipinski definition) is 1. The van der Waals surface area contributed by atoms with E-state index >= 15 is 0 Å². The molecule has 0 bridgehead atoms. The van der Waals surface area contributed by atoms with Gasteiger partial charge in [0.2, 0.25) is 0 Å². The van der Waals surface area contributed by atoms with Gasteiger partial charge < -0.3 is 5.73 Å². The minimum absolute atomic E-state index is 0.466. The molecule has 0 saturated heterocycles. The van der Waals surface area contributed by atoms with Crippen molar-refractivity contribution >= 4 is 15.9 Å². The highest BCUT2D eigenvalue weighted by Crippen LogP contribution is 2.31. The van der Waals surface area contributed by atoms with Gasteiger partial charge in [-0.2, -0.15) is 0 Å². The highest BCUT2D eigenvalue weighted by atomic mass is 79.9. The summed E-state index contributed by atoms with van der Waals surface area (Å²) in [6.07, 6.45) is 5.13. The zero-order valence-electron chi connectivity index (χ0n) is 9.22. The molecule has 2 rings (SSSR count). The van der Waals surface area contributed by atoms with Gasteiger partial charge in [-0.15, -0.1) is 0 Å². The maximum atomic E-state index is 5.71. The van der Waals surface area contributed by atoms with Crippen LogP contribution >= 0.6 is 15.9 Å². The van der Waals surface area contributed by atoms with E-state index in [-0.39, 0.29) is 0 Å². The van der Waals surface area contributed by atoms with Crippen LogP contribution in [-0.4, -0.2) is 6.54 Å². The van der Waals surface area contributed by atoms with Crippen molar-refractivity contribution < 1.29 is 0 Å². The lowest BCUT2D eigenvalue weighted by Gasteiger charge is -2.20. The van der Waals surface area contributed by atoms with Crippen LogP contribution in [0.4, 0.5) is 0 Å². The summed E-state index contributed by atoms with van der Waals surface area (Å²) in [6.45, 7) is 2.92. The van der Waals surface area contributed by atoms with Crippen LogP contribution in [0.2, 0.25) is 0 Å². The molecule has 0 heterocycles. The number of aryl methyl sites for hydroxylation is 1. The molecule has 0 aliphatic heterocycles. The molecule has 1 nitrogen and oxygen atoms in total. The van der Waals surface area contributed by atoms with Crippen LogP contribution in [0.15, 0.2) is 16.6 Å². The topological polar surface area (TPSA) is 26.0 Å². The molecule has 1 aromatic rings. The molecule has 0 saturated carbocycles. The molecular formula is C13H18BrN. The van der Waals surface area contributed by atoms with Crippen LogP contribution in [0.3, 0.4) is 0 Å². The van der Waals surface area contributed by atoms with Crippen LogP contribution < -0.4 is 5.73 Å². The Morgan fingerprint density at radius 2 is 2.07 bits per heavy atom. The number of rotatable bonds is 2. The van der Waals surface area contributed by atoms with Crippen molar-refractivity contribution in [2.75, 3.05) is 6.54 Å². The van der Waals surface area contributed by atoms with E-state index < -0.39 is 0 Å². The van der Waals surface area contributed by atoms with Gasteiger partial charge in [0.15, 0.2) is 0 Å². The first kappa shape index (κ1) is 11.2. The molecule has 1 aliphatic carbocycles. The van der Waals surface area contributed by atoms with Crippen LogP contribution in [0.1, 0.15) is 42.4 Å². The van der Waals surface area contributed by atoms with Gasteiger partial charge >= 0.3 is 0 Å². The minimum Gasteiger partial charge on any atom is -0.330 e. The van der Waals surface area contributed by atoms with Crippen molar-refractivity contribution in [2.45, 2.75) is 38.5 Å². The van der Waals surface area contributed by atoms with Crippen molar-refractivity contribution in [3.05, 3.63) is 33.3 Å². The van der Waals surface area contributed by atoms with Gasteiger partial charge in [0.05, 0.1) is 0 Å². The van der Waals surface area contributed by atoms with Crippen molar-refractivity contribution in [1.82, 2.24) is 0 Å². The van der Waals surface area contributed by atoms with Crippen molar-refractivity contribution in [3.63, 3.8) is 0 Å². The zero-order valence-corrected chi connectivity index (χ0v) is 10.8. The Labute approximate surface area is 100 Å². The van der Waals surface area contributed by atoms with Crippen molar-refractivity contribution in [1.29, 1.82) is 0 Å². The maximum Gasteiger partial charge on any atom is 0.0212 e. The smallest absolute Gasteiger partial charge is 0.0212 e. The van der Waals surface area contributed by atoms with Gasteiger partial charge in [-0.3, -0.25) is 0 Å². The van der Waals surface area contributed by atoms with E-state index in [0.717, 1.165) is 6.54 Å². The Kier molecular flexibility index (Phi) is 3.47. The van der Waals surface area contributed by atoms with E-state index in [1.165, 1.54) is 46.8 Å². The molecule has 0 radical (unpaired) electrons. The average molecular weight is 268 g/mol. The summed E-state index contributed by atoms with van der Waals surface area (Å²) >= 11 is 3.69. The number of hydrogen-bond acceptors (Lipinski definition) is 1. The molecule has 1 atom stereocenters. The fourth-order valence-corrected chi connectivity index (χ4v) is 2.97. The Morgan fingerprint density at radius 1 is 1.33 bits per heavy atom. The van der Waals surface area contributed by atoms with Crippen LogP contribution in [0.5, 0.6) is 0 Å². The number of nitrogens with two attached hydrogens (primary N) is 1. The predicted molar refractivity (Wildman–Crippen MR) is 68.3 cm³/mol. The zero-order chi connectivity index (χ0) is 10.8. The summed E-state index contributed by atoms with van der Waals surface area (Å²) < 4.78 is 1.29. The van der Waals surface area contributed by atoms with Gasteiger partial charge in [-0.25, -0.2) is 0 Å². The second kappa shape index (κ2) is 4.67. The first-order valence-electron chi connectivity index (χ1n) is 5.73. The van der Waals surface area contributed by atoms with Gasteiger partial charge in [-0.05, 0) is 60.9 Å². The van der Waals surface area contributed by atoms with Gasteiger partial charge in [0.25, 0.3) is 0 Å². The molecule has 0 fully saturated rings. The average Bonchev–Trinajstić information content (AvgIpc) is 2.28. The Bertz CT molecular complexity index is 360. The number of benzene rings is 1. The van der Waals surface area contributed by atoms with Gasteiger partial charge in [0.1, 0.15) is 0 Å². The Hall–Kier alpha value is -0.340. The first-order valence-corrected chi connectivity index (χ1v) is 6.53. The standard InChI is InChI=1S/C13H18BrN/c1-9(8-15)11-6-10-4-2-3-5-12(10)13(14)7-11/h6-7,9H,2-5,8,15H2,1H3. The highest BCUT2D eigenvalue weighted by Gasteiger charge is 2.15. The lowest BCUT2D eigenvalue weighted by Crippen LogP contribution is -2.11. The number of halogens is 1. The fraction of sp³-hybridized carbons (Fsp3) is 0.538. The van der Waals surface area contributed by atoms with Crippen LogP contribution in [-0.2, 0) is 12.8 Å². The molecule has 2 N–H and O–H groups in total. The SMILES string of the molecule is CC(CN)c1cc(Br)c2c(c1)CCCC2. The van der Waals surface area contributed by atoms with Crippen molar-refractivity contribution in [3.8, 4) is 0 Å². The van der Waals surface area contributed by atoms with E-state index in [2.05, 4.69) is 35.0 Å². The quantitative estimate of drug-likeness (QED) is 0.874. The third-order valence-corrected chi connectivity index (χ3v) is 4.06. The summed E-state index contributed by atoms with van der Waals surface area (Å²) in [4.78, 5) is 0. The molecule has 0 spiro atoms. The third-order valence-electron chi connectivity index (χ3n) is 3.36. The fourth-order valence-electron chi connectivity index (χ4n) is 2.26. The van der Waals surface area contributed by atoms with E-state index in [9.17, 15) is 0 Å². The highest BCUT2D eigenvalue weighted by molar-refractivity contribution is 9.10. The maximum absolute atomic E-state index is 5.71. The molecule has 82 valence electrons. The summed E-state index contributed by atoms with van der Waals surface area (Å²) in [7, 11) is 0. The molecule has 1 unspecified atom stereocenters. The molecule has 0 amide bonds. The molecule has 15 heavy (non-hydrogen) atoms. The minimum atomic E-state index is 0.466. The predicted octanol–water partition coefficient (Wildman–Crippen LogP) is 3.39. The normalized spacial score (nSPS) is 17.3. The first-order chi connectivity index (χ1) is 7.22. The van der Waals surface area contributed by atoms with E-state index in [4.69, 9.17) is 5.73 Å². The van der Waals surface area contributed by atoms with Gasteiger partial charge in [-0.1, -0.05) is 28.9 Å². The van der Waals surface area contributed by atoms with E-state index in [1.54, 1.807) is 0 Å². The largest absolute Gasteiger partial charge is 0.330 e. The second-order valence-electron chi connectivity index (χ2n) is 4.48. The lowest BCUT2D eigenvalue weighted by molar-refractivity contribution is 0.677. The Morgan fingerprint density at radius 3 is 2.80 bits per heavy atom. The van der Waals surface area contributed by atoms with Crippen molar-refractivity contribution in [2.24, 2.45) is 5.73 Å². The van der Waals surface area contributed by atoms with E-state index in [0.29, 0.717) is 5.92 Å². The summed E-state index contributed by atoms with van der Waals surface area (Å²) in [6, 6.07) is 4.61. The summed E-state index contributed by atoms with van der Waals surface area (Å²) in [5.74, 6) is 0.466. The van der Waals surface area contributed by atoms with E-state index in [1.807, 2.05) is 0 Å². The molecular weight excluding hydrogens is 250 g/mol. The second-order valence-corrected chi connectivity index (χ2v) is 5.34. The van der Waals surface area contributed by atoms with Crippen LogP contribution in [0.25, 0.3) is 0 Å².